The fourth-order valence-electron chi connectivity index (χ4n) is 3.56. The van der Waals surface area contributed by atoms with Crippen molar-refractivity contribution in [2.75, 3.05) is 7.11 Å². The number of alkyl halides is 3. The minimum absolute atomic E-state index is 0.657. The first-order valence-electron chi connectivity index (χ1n) is 8.82. The molecule has 0 bridgehead atoms. The van der Waals surface area contributed by atoms with Crippen molar-refractivity contribution < 1.29 is 17.9 Å². The maximum absolute atomic E-state index is 13.0. The summed E-state index contributed by atoms with van der Waals surface area (Å²) in [6.45, 7) is 2.03. The smallest absolute Gasteiger partial charge is 0.416 e. The monoisotopic (exact) mass is 381 g/mol. The van der Waals surface area contributed by atoms with Crippen LogP contribution < -0.4 is 4.74 Å². The lowest BCUT2D eigenvalue weighted by Gasteiger charge is -2.14. The van der Waals surface area contributed by atoms with Gasteiger partial charge in [-0.3, -0.25) is 0 Å². The van der Waals surface area contributed by atoms with Gasteiger partial charge in [-0.1, -0.05) is 18.2 Å². The van der Waals surface area contributed by atoms with Gasteiger partial charge in [0.15, 0.2) is 0 Å². The van der Waals surface area contributed by atoms with E-state index in [9.17, 15) is 13.2 Å². The highest BCUT2D eigenvalue weighted by Crippen LogP contribution is 2.37. The zero-order valence-electron chi connectivity index (χ0n) is 15.4. The van der Waals surface area contributed by atoms with Crippen molar-refractivity contribution >= 4 is 10.9 Å². The van der Waals surface area contributed by atoms with E-state index in [4.69, 9.17) is 4.74 Å². The summed E-state index contributed by atoms with van der Waals surface area (Å²) < 4.78 is 46.2. The quantitative estimate of drug-likeness (QED) is 0.388. The summed E-state index contributed by atoms with van der Waals surface area (Å²) in [7, 11) is 1.61. The van der Waals surface area contributed by atoms with Gasteiger partial charge in [0.25, 0.3) is 0 Å². The summed E-state index contributed by atoms with van der Waals surface area (Å²) in [4.78, 5) is 0. The first-order chi connectivity index (χ1) is 13.4. The Bertz CT molecular complexity index is 1120. The predicted molar refractivity (Wildman–Crippen MR) is 105 cm³/mol. The van der Waals surface area contributed by atoms with Crippen molar-refractivity contribution in [3.8, 4) is 22.7 Å². The van der Waals surface area contributed by atoms with Crippen LogP contribution in [0.15, 0.2) is 72.8 Å². The van der Waals surface area contributed by atoms with E-state index in [0.717, 1.165) is 45.6 Å². The largest absolute Gasteiger partial charge is 0.497 e. The molecule has 0 saturated carbocycles. The van der Waals surface area contributed by atoms with E-state index in [0.29, 0.717) is 5.69 Å². The van der Waals surface area contributed by atoms with Crippen molar-refractivity contribution in [2.45, 2.75) is 13.1 Å². The van der Waals surface area contributed by atoms with Gasteiger partial charge in [-0.25, -0.2) is 0 Å². The van der Waals surface area contributed by atoms with E-state index in [1.807, 2.05) is 60.0 Å². The molecule has 4 aromatic rings. The zero-order valence-corrected chi connectivity index (χ0v) is 15.4. The average Bonchev–Trinajstić information content (AvgIpc) is 3.00. The van der Waals surface area contributed by atoms with Crippen LogP contribution in [-0.4, -0.2) is 11.7 Å². The lowest BCUT2D eigenvalue weighted by molar-refractivity contribution is -0.137. The number of hydrogen-bond donors (Lipinski definition) is 0. The molecular weight excluding hydrogens is 363 g/mol. The zero-order chi connectivity index (χ0) is 19.9. The maximum atomic E-state index is 13.0. The van der Waals surface area contributed by atoms with Crippen LogP contribution in [0.4, 0.5) is 13.2 Å². The third-order valence-electron chi connectivity index (χ3n) is 4.94. The minimum Gasteiger partial charge on any atom is -0.497 e. The average molecular weight is 381 g/mol. The van der Waals surface area contributed by atoms with E-state index >= 15 is 0 Å². The molecule has 0 radical (unpaired) electrons. The summed E-state index contributed by atoms with van der Waals surface area (Å²) >= 11 is 0. The number of rotatable bonds is 3. The van der Waals surface area contributed by atoms with Gasteiger partial charge in [-0.15, -0.1) is 0 Å². The van der Waals surface area contributed by atoms with E-state index < -0.39 is 11.7 Å². The number of aryl methyl sites for hydroxylation is 1. The first-order valence-corrected chi connectivity index (χ1v) is 8.82. The molecule has 4 rings (SSSR count). The number of aromatic nitrogens is 1. The standard InChI is InChI=1S/C23H18F3NO/c1-15-20-5-3-4-6-21(20)27(18-11-9-17(10-12-18)23(24,25)26)22(15)16-7-13-19(28-2)14-8-16/h3-14H,1-2H3. The molecule has 0 aliphatic carbocycles. The second kappa shape index (κ2) is 6.75. The van der Waals surface area contributed by atoms with Crippen LogP contribution in [-0.2, 0) is 6.18 Å². The Kier molecular flexibility index (Phi) is 4.38. The van der Waals surface area contributed by atoms with Crippen LogP contribution >= 0.6 is 0 Å². The number of benzene rings is 3. The number of para-hydroxylation sites is 1. The van der Waals surface area contributed by atoms with Crippen LogP contribution in [0.25, 0.3) is 27.8 Å². The lowest BCUT2D eigenvalue weighted by Crippen LogP contribution is -2.05. The second-order valence-electron chi connectivity index (χ2n) is 6.60. The van der Waals surface area contributed by atoms with Gasteiger partial charge in [-0.2, -0.15) is 13.2 Å². The Morgan fingerprint density at radius 2 is 1.46 bits per heavy atom. The van der Waals surface area contributed by atoms with Crippen molar-refractivity contribution in [1.29, 1.82) is 0 Å². The summed E-state index contributed by atoms with van der Waals surface area (Å²) in [5.74, 6) is 0.749. The normalized spacial score (nSPS) is 11.8. The number of methoxy groups -OCH3 is 1. The number of ether oxygens (including phenoxy) is 1. The Hall–Kier alpha value is -3.21. The number of hydrogen-bond acceptors (Lipinski definition) is 1. The maximum Gasteiger partial charge on any atom is 0.416 e. The highest BCUT2D eigenvalue weighted by molar-refractivity contribution is 5.93. The van der Waals surface area contributed by atoms with E-state index in [-0.39, 0.29) is 0 Å². The number of halogens is 3. The third-order valence-corrected chi connectivity index (χ3v) is 4.94. The van der Waals surface area contributed by atoms with Gasteiger partial charge < -0.3 is 9.30 Å². The van der Waals surface area contributed by atoms with Crippen LogP contribution in [0.1, 0.15) is 11.1 Å². The number of fused-ring (bicyclic) bond motifs is 1. The van der Waals surface area contributed by atoms with Gasteiger partial charge in [0.2, 0.25) is 0 Å². The van der Waals surface area contributed by atoms with Gasteiger partial charge in [0.1, 0.15) is 5.75 Å². The van der Waals surface area contributed by atoms with Crippen LogP contribution in [0.5, 0.6) is 5.75 Å². The molecule has 142 valence electrons. The predicted octanol–water partition coefficient (Wildman–Crippen LogP) is 6.63. The molecule has 0 fully saturated rings. The van der Waals surface area contributed by atoms with Gasteiger partial charge in [0.05, 0.1) is 23.9 Å². The Morgan fingerprint density at radius 1 is 0.821 bits per heavy atom. The summed E-state index contributed by atoms with van der Waals surface area (Å²) in [5, 5.41) is 1.06. The first kappa shape index (κ1) is 18.2. The van der Waals surface area contributed by atoms with Gasteiger partial charge in [-0.05, 0) is 72.6 Å². The molecule has 0 unspecified atom stereocenters. The van der Waals surface area contributed by atoms with E-state index in [1.54, 1.807) is 7.11 Å². The Balaban J connectivity index is 1.96. The van der Waals surface area contributed by atoms with Crippen molar-refractivity contribution in [3.63, 3.8) is 0 Å². The number of nitrogens with zero attached hydrogens (tertiary/aromatic N) is 1. The molecule has 0 amide bonds. The highest BCUT2D eigenvalue weighted by atomic mass is 19.4. The Morgan fingerprint density at radius 3 is 2.07 bits per heavy atom. The molecule has 1 heterocycles. The summed E-state index contributed by atoms with van der Waals surface area (Å²) in [6, 6.07) is 20.8. The van der Waals surface area contributed by atoms with E-state index in [2.05, 4.69) is 0 Å². The van der Waals surface area contributed by atoms with Crippen LogP contribution in [0, 0.1) is 6.92 Å². The Labute approximate surface area is 160 Å². The van der Waals surface area contributed by atoms with Crippen molar-refractivity contribution in [2.24, 2.45) is 0 Å². The van der Waals surface area contributed by atoms with Crippen molar-refractivity contribution in [3.05, 3.63) is 83.9 Å². The molecule has 0 saturated heterocycles. The van der Waals surface area contributed by atoms with Gasteiger partial charge in [0, 0.05) is 11.1 Å². The molecule has 5 heteroatoms. The molecular formula is C23H18F3NO. The van der Waals surface area contributed by atoms with E-state index in [1.165, 1.54) is 12.1 Å². The third kappa shape index (κ3) is 3.03. The van der Waals surface area contributed by atoms with Gasteiger partial charge >= 0.3 is 6.18 Å². The summed E-state index contributed by atoms with van der Waals surface area (Å²) in [6.07, 6.45) is -4.36. The van der Waals surface area contributed by atoms with Crippen molar-refractivity contribution in [1.82, 2.24) is 4.57 Å². The molecule has 0 aliphatic rings. The fraction of sp³-hybridized carbons (Fsp3) is 0.130. The minimum atomic E-state index is -4.36. The molecule has 0 atom stereocenters. The van der Waals surface area contributed by atoms with Crippen LogP contribution in [0.2, 0.25) is 0 Å². The topological polar surface area (TPSA) is 14.2 Å². The molecule has 28 heavy (non-hydrogen) atoms. The summed E-state index contributed by atoms with van der Waals surface area (Å²) in [5.41, 5.74) is 3.96. The molecule has 0 aliphatic heterocycles. The fourth-order valence-corrected chi connectivity index (χ4v) is 3.56. The van der Waals surface area contributed by atoms with Crippen LogP contribution in [0.3, 0.4) is 0 Å². The molecule has 1 aromatic heterocycles. The molecule has 3 aromatic carbocycles. The lowest BCUT2D eigenvalue weighted by atomic mass is 10.1. The second-order valence-corrected chi connectivity index (χ2v) is 6.60. The molecule has 0 spiro atoms. The molecule has 0 N–H and O–H groups in total. The molecule has 2 nitrogen and oxygen atoms in total. The highest BCUT2D eigenvalue weighted by Gasteiger charge is 2.30. The SMILES string of the molecule is COc1ccc(-c2c(C)c3ccccc3n2-c2ccc(C(F)(F)F)cc2)cc1.